The molecule has 2 aromatic carbocycles. The minimum atomic E-state index is -3.82. The van der Waals surface area contributed by atoms with Crippen LogP contribution < -0.4 is 10.0 Å². The third kappa shape index (κ3) is 7.72. The molecule has 0 atom stereocenters. The van der Waals surface area contributed by atoms with Gasteiger partial charge in [-0.15, -0.1) is 0 Å². The highest BCUT2D eigenvalue weighted by atomic mass is 32.2. The number of nitrogens with one attached hydrogen (secondary N) is 2. The number of sulfonamides is 1. The molecule has 0 unspecified atom stereocenters. The van der Waals surface area contributed by atoms with Gasteiger partial charge in [0.2, 0.25) is 11.9 Å². The summed E-state index contributed by atoms with van der Waals surface area (Å²) in [7, 11) is -3.82. The van der Waals surface area contributed by atoms with Gasteiger partial charge in [0.25, 0.3) is 21.8 Å². The zero-order valence-electron chi connectivity index (χ0n) is 22.2. The second kappa shape index (κ2) is 13.8. The van der Waals surface area contributed by atoms with E-state index < -0.39 is 10.0 Å². The fourth-order valence-corrected chi connectivity index (χ4v) is 5.49. The normalized spacial score (nSPS) is 12.8. The third-order valence-electron chi connectivity index (χ3n) is 6.65. The van der Waals surface area contributed by atoms with E-state index in [4.69, 9.17) is 0 Å². The molecule has 1 aliphatic rings. The SMILES string of the molecule is O=C(CCCCCCCCCCN1C(=O)c2ccccc2C1=O)Nc1ccc(S(=O)(=O)Nc2ncccn2)cc1. The Kier molecular flexibility index (Phi) is 9.96. The number of imide groups is 1. The largest absolute Gasteiger partial charge is 0.326 e. The van der Waals surface area contributed by atoms with Crippen molar-refractivity contribution in [2.75, 3.05) is 16.6 Å². The number of benzene rings is 2. The summed E-state index contributed by atoms with van der Waals surface area (Å²) in [4.78, 5) is 46.1. The Labute approximate surface area is 234 Å². The van der Waals surface area contributed by atoms with Gasteiger partial charge in [0, 0.05) is 31.0 Å². The Morgan fingerprint density at radius 2 is 1.27 bits per heavy atom. The van der Waals surface area contributed by atoms with Crippen molar-refractivity contribution in [3.63, 3.8) is 0 Å². The van der Waals surface area contributed by atoms with Crippen molar-refractivity contribution in [1.82, 2.24) is 14.9 Å². The molecule has 4 rings (SSSR count). The van der Waals surface area contributed by atoms with Crippen LogP contribution >= 0.6 is 0 Å². The molecule has 0 bridgehead atoms. The Morgan fingerprint density at radius 3 is 1.88 bits per heavy atom. The van der Waals surface area contributed by atoms with Crippen LogP contribution in [0.5, 0.6) is 0 Å². The topological polar surface area (TPSA) is 138 Å². The molecule has 0 saturated carbocycles. The highest BCUT2D eigenvalue weighted by molar-refractivity contribution is 7.92. The molecule has 40 heavy (non-hydrogen) atoms. The van der Waals surface area contributed by atoms with E-state index in [1.54, 1.807) is 42.5 Å². The summed E-state index contributed by atoms with van der Waals surface area (Å²) >= 11 is 0. The Balaban J connectivity index is 1.04. The van der Waals surface area contributed by atoms with E-state index in [1.165, 1.54) is 29.4 Å². The van der Waals surface area contributed by atoms with Crippen LogP contribution in [0.3, 0.4) is 0 Å². The molecule has 10 nitrogen and oxygen atoms in total. The van der Waals surface area contributed by atoms with Crippen LogP contribution in [0.25, 0.3) is 0 Å². The molecule has 3 amide bonds. The summed E-state index contributed by atoms with van der Waals surface area (Å²) in [6, 6.07) is 14.5. The van der Waals surface area contributed by atoms with E-state index >= 15 is 0 Å². The molecular formula is C29H33N5O5S. The molecule has 0 fully saturated rings. The van der Waals surface area contributed by atoms with Gasteiger partial charge in [-0.3, -0.25) is 19.3 Å². The summed E-state index contributed by atoms with van der Waals surface area (Å²) in [5.41, 5.74) is 1.52. The fraction of sp³-hybridized carbons (Fsp3) is 0.345. The second-order valence-electron chi connectivity index (χ2n) is 9.64. The van der Waals surface area contributed by atoms with Crippen molar-refractivity contribution >= 4 is 39.4 Å². The molecule has 1 aliphatic heterocycles. The Bertz CT molecular complexity index is 1390. The predicted octanol–water partition coefficient (Wildman–Crippen LogP) is 5.02. The summed E-state index contributed by atoms with van der Waals surface area (Å²) < 4.78 is 27.2. The average molecular weight is 564 g/mol. The van der Waals surface area contributed by atoms with E-state index in [0.717, 1.165) is 51.4 Å². The molecule has 0 spiro atoms. The highest BCUT2D eigenvalue weighted by Crippen LogP contribution is 2.23. The average Bonchev–Trinajstić information content (AvgIpc) is 3.19. The minimum absolute atomic E-state index is 0.0144. The molecule has 0 saturated heterocycles. The number of rotatable bonds is 15. The summed E-state index contributed by atoms with van der Waals surface area (Å²) in [6.45, 7) is 0.458. The molecular weight excluding hydrogens is 530 g/mol. The van der Waals surface area contributed by atoms with Gasteiger partial charge >= 0.3 is 0 Å². The van der Waals surface area contributed by atoms with Gasteiger partial charge < -0.3 is 5.32 Å². The number of anilines is 2. The maximum absolute atomic E-state index is 12.4. The van der Waals surface area contributed by atoms with Gasteiger partial charge in [-0.1, -0.05) is 50.7 Å². The molecule has 1 aromatic heterocycles. The first-order valence-electron chi connectivity index (χ1n) is 13.5. The number of fused-ring (bicyclic) bond motifs is 1. The lowest BCUT2D eigenvalue weighted by Gasteiger charge is -2.13. The quantitative estimate of drug-likeness (QED) is 0.195. The van der Waals surface area contributed by atoms with Gasteiger partial charge in [0.05, 0.1) is 16.0 Å². The first-order chi connectivity index (χ1) is 19.3. The Hall–Kier alpha value is -4.12. The van der Waals surface area contributed by atoms with Crippen LogP contribution in [-0.2, 0) is 14.8 Å². The smallest absolute Gasteiger partial charge is 0.264 e. The lowest BCUT2D eigenvalue weighted by atomic mass is 10.1. The van der Waals surface area contributed by atoms with Crippen molar-refractivity contribution in [3.05, 3.63) is 78.1 Å². The number of hydrogen-bond donors (Lipinski definition) is 2. The molecule has 0 radical (unpaired) electrons. The van der Waals surface area contributed by atoms with Crippen LogP contribution in [-0.4, -0.2) is 47.6 Å². The van der Waals surface area contributed by atoms with Crippen LogP contribution in [0.2, 0.25) is 0 Å². The third-order valence-corrected chi connectivity index (χ3v) is 8.00. The number of carbonyl (C=O) groups excluding carboxylic acids is 3. The molecule has 2 N–H and O–H groups in total. The van der Waals surface area contributed by atoms with E-state index in [-0.39, 0.29) is 28.6 Å². The number of amides is 3. The van der Waals surface area contributed by atoms with Crippen molar-refractivity contribution in [1.29, 1.82) is 0 Å². The van der Waals surface area contributed by atoms with E-state index in [2.05, 4.69) is 20.0 Å². The summed E-state index contributed by atoms with van der Waals surface area (Å²) in [5, 5.41) is 2.80. The molecule has 3 aromatic rings. The van der Waals surface area contributed by atoms with Gasteiger partial charge in [0.15, 0.2) is 0 Å². The van der Waals surface area contributed by atoms with Gasteiger partial charge in [-0.05, 0) is 55.3 Å². The molecule has 11 heteroatoms. The summed E-state index contributed by atoms with van der Waals surface area (Å²) in [6.07, 6.45) is 11.0. The van der Waals surface area contributed by atoms with E-state index in [0.29, 0.717) is 29.8 Å². The van der Waals surface area contributed by atoms with Crippen molar-refractivity contribution in [2.45, 2.75) is 62.7 Å². The molecule has 2 heterocycles. The Morgan fingerprint density at radius 1 is 0.725 bits per heavy atom. The zero-order valence-corrected chi connectivity index (χ0v) is 23.0. The van der Waals surface area contributed by atoms with Crippen molar-refractivity contribution < 1.29 is 22.8 Å². The lowest BCUT2D eigenvalue weighted by molar-refractivity contribution is -0.116. The molecule has 0 aliphatic carbocycles. The minimum Gasteiger partial charge on any atom is -0.326 e. The number of nitrogens with zero attached hydrogens (tertiary/aromatic N) is 3. The van der Waals surface area contributed by atoms with Gasteiger partial charge in [-0.25, -0.2) is 23.1 Å². The van der Waals surface area contributed by atoms with Crippen molar-refractivity contribution in [2.24, 2.45) is 0 Å². The van der Waals surface area contributed by atoms with Crippen molar-refractivity contribution in [3.8, 4) is 0 Å². The predicted molar refractivity (Wildman–Crippen MR) is 151 cm³/mol. The molecule has 210 valence electrons. The monoisotopic (exact) mass is 563 g/mol. The summed E-state index contributed by atoms with van der Waals surface area (Å²) in [5.74, 6) is -0.512. The maximum atomic E-state index is 12.4. The second-order valence-corrected chi connectivity index (χ2v) is 11.3. The lowest BCUT2D eigenvalue weighted by Crippen LogP contribution is -2.30. The number of aromatic nitrogens is 2. The van der Waals surface area contributed by atoms with E-state index in [9.17, 15) is 22.8 Å². The first-order valence-corrected chi connectivity index (χ1v) is 15.0. The van der Waals surface area contributed by atoms with E-state index in [1.807, 2.05) is 0 Å². The van der Waals surface area contributed by atoms with Crippen LogP contribution in [0.4, 0.5) is 11.6 Å². The van der Waals surface area contributed by atoms with Crippen LogP contribution in [0.1, 0.15) is 78.5 Å². The standard InChI is InChI=1S/C29H33N5O5S/c35-26(32-22-15-17-23(18-16-22)40(38,39)33-29-30-19-11-20-31-29)14-7-5-3-1-2-4-6-10-21-34-27(36)24-12-8-9-13-25(24)28(34)37/h8-9,11-13,15-20H,1-7,10,14,21H2,(H,32,35)(H,30,31,33). The fourth-order valence-electron chi connectivity index (χ4n) is 4.53. The number of hydrogen-bond acceptors (Lipinski definition) is 7. The number of unbranched alkanes of at least 4 members (excludes halogenated alkanes) is 7. The van der Waals surface area contributed by atoms with Crippen LogP contribution in [0, 0.1) is 0 Å². The van der Waals surface area contributed by atoms with Gasteiger partial charge in [-0.2, -0.15) is 0 Å². The van der Waals surface area contributed by atoms with Gasteiger partial charge in [0.1, 0.15) is 0 Å². The number of carbonyl (C=O) groups is 3. The first kappa shape index (κ1) is 28.9. The zero-order chi connectivity index (χ0) is 28.4. The van der Waals surface area contributed by atoms with Crippen LogP contribution in [0.15, 0.2) is 71.9 Å². The maximum Gasteiger partial charge on any atom is 0.264 e. The highest BCUT2D eigenvalue weighted by Gasteiger charge is 2.34.